The van der Waals surface area contributed by atoms with Gasteiger partial charge in [0.1, 0.15) is 11.5 Å². The number of aryl methyl sites for hydroxylation is 1. The topological polar surface area (TPSA) is 59.4 Å². The van der Waals surface area contributed by atoms with Crippen LogP contribution in [-0.4, -0.2) is 15.9 Å². The number of thiazole rings is 1. The van der Waals surface area contributed by atoms with Gasteiger partial charge in [0, 0.05) is 16.9 Å². The Morgan fingerprint density at radius 2 is 1.88 bits per heavy atom. The predicted octanol–water partition coefficient (Wildman–Crippen LogP) is 8.23. The lowest BCUT2D eigenvalue weighted by molar-refractivity contribution is -0.119. The lowest BCUT2D eigenvalue weighted by Crippen LogP contribution is -2.26. The van der Waals surface area contributed by atoms with Crippen molar-refractivity contribution in [3.63, 3.8) is 0 Å². The SMILES string of the molecule is CCc1ccc(Oc2nc3cc(Cl)ccc3s2)cc1C1=C(O)C(CC)C(C(CC)CC)C1=O. The summed E-state index contributed by atoms with van der Waals surface area (Å²) in [5.41, 5.74) is 3.05. The average molecular weight is 484 g/mol. The second kappa shape index (κ2) is 9.86. The molecule has 1 aliphatic rings. The Kier molecular flexibility index (Phi) is 7.10. The Morgan fingerprint density at radius 1 is 1.12 bits per heavy atom. The van der Waals surface area contributed by atoms with E-state index in [1.54, 1.807) is 0 Å². The molecule has 0 saturated heterocycles. The first kappa shape index (κ1) is 23.8. The van der Waals surface area contributed by atoms with Crippen LogP contribution in [0.3, 0.4) is 0 Å². The van der Waals surface area contributed by atoms with Gasteiger partial charge in [-0.3, -0.25) is 4.79 Å². The Morgan fingerprint density at radius 3 is 2.55 bits per heavy atom. The number of Topliss-reactive ketones (excluding diaryl/α,β-unsaturated/α-hetero) is 1. The highest BCUT2D eigenvalue weighted by atomic mass is 35.5. The standard InChI is InChI=1S/C27H30ClNO3S/c1-5-15(6-2)23-19(8-4)25(30)24(26(23)31)20-14-18(11-9-16(20)7-3)32-27-29-21-13-17(28)10-12-22(21)33-27/h9-15,19,23,30H,5-8H2,1-4H3. The van der Waals surface area contributed by atoms with Gasteiger partial charge in [-0.1, -0.05) is 69.5 Å². The summed E-state index contributed by atoms with van der Waals surface area (Å²) in [6.45, 7) is 8.36. The van der Waals surface area contributed by atoms with E-state index in [-0.39, 0.29) is 29.3 Å². The largest absolute Gasteiger partial charge is 0.511 e. The lowest BCUT2D eigenvalue weighted by atomic mass is 9.77. The fourth-order valence-corrected chi connectivity index (χ4v) is 6.05. The van der Waals surface area contributed by atoms with Crippen molar-refractivity contribution < 1.29 is 14.6 Å². The Bertz CT molecular complexity index is 1210. The molecule has 1 aliphatic carbocycles. The van der Waals surface area contributed by atoms with Crippen LogP contribution >= 0.6 is 22.9 Å². The van der Waals surface area contributed by atoms with E-state index in [0.29, 0.717) is 21.5 Å². The fraction of sp³-hybridized carbons (Fsp3) is 0.407. The summed E-state index contributed by atoms with van der Waals surface area (Å²) >= 11 is 7.53. The number of carbonyl (C=O) groups is 1. The molecule has 1 heterocycles. The van der Waals surface area contributed by atoms with Gasteiger partial charge >= 0.3 is 0 Å². The highest BCUT2D eigenvalue weighted by molar-refractivity contribution is 7.20. The van der Waals surface area contributed by atoms with Crippen LogP contribution in [-0.2, 0) is 11.2 Å². The number of ether oxygens (including phenoxy) is 1. The zero-order valence-electron chi connectivity index (χ0n) is 19.5. The molecule has 4 nitrogen and oxygen atoms in total. The van der Waals surface area contributed by atoms with Gasteiger partial charge in [-0.25, -0.2) is 4.98 Å². The molecule has 1 aromatic heterocycles. The van der Waals surface area contributed by atoms with E-state index < -0.39 is 0 Å². The zero-order chi connectivity index (χ0) is 23.7. The van der Waals surface area contributed by atoms with Crippen molar-refractivity contribution in [1.29, 1.82) is 0 Å². The van der Waals surface area contributed by atoms with Crippen LogP contribution in [0.5, 0.6) is 10.9 Å². The molecule has 2 aromatic carbocycles. The summed E-state index contributed by atoms with van der Waals surface area (Å²) < 4.78 is 7.08. The van der Waals surface area contributed by atoms with Gasteiger partial charge in [0.25, 0.3) is 5.19 Å². The van der Waals surface area contributed by atoms with E-state index in [1.807, 2.05) is 43.3 Å². The summed E-state index contributed by atoms with van der Waals surface area (Å²) in [6, 6.07) is 11.3. The van der Waals surface area contributed by atoms with Crippen molar-refractivity contribution in [2.45, 2.75) is 53.4 Å². The molecule has 3 aromatic rings. The zero-order valence-corrected chi connectivity index (χ0v) is 21.1. The van der Waals surface area contributed by atoms with Crippen molar-refractivity contribution in [3.05, 3.63) is 58.3 Å². The molecule has 0 spiro atoms. The Labute approximate surface area is 204 Å². The second-order valence-corrected chi connectivity index (χ2v) is 10.0. The number of hydrogen-bond donors (Lipinski definition) is 1. The van der Waals surface area contributed by atoms with Crippen LogP contribution in [0.4, 0.5) is 0 Å². The number of aliphatic hydroxyl groups is 1. The number of carbonyl (C=O) groups excluding carboxylic acids is 1. The molecule has 0 aliphatic heterocycles. The highest BCUT2D eigenvalue weighted by Crippen LogP contribution is 2.46. The number of benzene rings is 2. The molecule has 2 atom stereocenters. The molecule has 6 heteroatoms. The predicted molar refractivity (Wildman–Crippen MR) is 136 cm³/mol. The number of ketones is 1. The highest BCUT2D eigenvalue weighted by Gasteiger charge is 2.45. The second-order valence-electron chi connectivity index (χ2n) is 8.61. The third kappa shape index (κ3) is 4.41. The van der Waals surface area contributed by atoms with Crippen molar-refractivity contribution in [1.82, 2.24) is 4.98 Å². The van der Waals surface area contributed by atoms with Crippen LogP contribution < -0.4 is 4.74 Å². The van der Waals surface area contributed by atoms with E-state index in [1.165, 1.54) is 11.3 Å². The number of aliphatic hydroxyl groups excluding tert-OH is 1. The normalized spacial score (nSPS) is 18.7. The third-order valence-electron chi connectivity index (χ3n) is 6.85. The van der Waals surface area contributed by atoms with E-state index in [0.717, 1.165) is 47.0 Å². The number of rotatable bonds is 8. The summed E-state index contributed by atoms with van der Waals surface area (Å²) in [7, 11) is 0. The number of allylic oxidation sites excluding steroid dienone is 2. The van der Waals surface area contributed by atoms with Gasteiger partial charge in [-0.2, -0.15) is 0 Å². The van der Waals surface area contributed by atoms with Gasteiger partial charge in [0.15, 0.2) is 5.78 Å². The molecule has 0 bridgehead atoms. The van der Waals surface area contributed by atoms with Gasteiger partial charge < -0.3 is 9.84 Å². The quantitative estimate of drug-likeness (QED) is 0.350. The number of fused-ring (bicyclic) bond motifs is 1. The maximum absolute atomic E-state index is 13.7. The number of hydrogen-bond acceptors (Lipinski definition) is 5. The molecule has 0 fully saturated rings. The Hall–Kier alpha value is -2.37. The molecule has 33 heavy (non-hydrogen) atoms. The van der Waals surface area contributed by atoms with E-state index >= 15 is 0 Å². The van der Waals surface area contributed by atoms with Gasteiger partial charge in [0.2, 0.25) is 0 Å². The molecular formula is C27H30ClNO3S. The van der Waals surface area contributed by atoms with Crippen LogP contribution in [0.25, 0.3) is 15.8 Å². The van der Waals surface area contributed by atoms with Gasteiger partial charge in [-0.15, -0.1) is 0 Å². The average Bonchev–Trinajstić information content (AvgIpc) is 3.31. The molecule has 0 saturated carbocycles. The minimum Gasteiger partial charge on any atom is -0.511 e. The van der Waals surface area contributed by atoms with E-state index in [9.17, 15) is 9.90 Å². The lowest BCUT2D eigenvalue weighted by Gasteiger charge is -2.25. The van der Waals surface area contributed by atoms with Crippen molar-refractivity contribution >= 4 is 44.5 Å². The monoisotopic (exact) mass is 483 g/mol. The number of halogens is 1. The molecule has 0 amide bonds. The summed E-state index contributed by atoms with van der Waals surface area (Å²) in [4.78, 5) is 18.2. The first-order valence-electron chi connectivity index (χ1n) is 11.8. The van der Waals surface area contributed by atoms with Crippen molar-refractivity contribution in [2.75, 3.05) is 0 Å². The van der Waals surface area contributed by atoms with E-state index in [2.05, 4.69) is 25.8 Å². The smallest absolute Gasteiger partial charge is 0.279 e. The van der Waals surface area contributed by atoms with Crippen molar-refractivity contribution in [2.24, 2.45) is 17.8 Å². The number of aromatic nitrogens is 1. The summed E-state index contributed by atoms with van der Waals surface area (Å²) in [5.74, 6) is 0.875. The summed E-state index contributed by atoms with van der Waals surface area (Å²) in [6.07, 6.45) is 3.35. The third-order valence-corrected chi connectivity index (χ3v) is 8.00. The summed E-state index contributed by atoms with van der Waals surface area (Å²) in [5, 5.41) is 12.3. The molecular weight excluding hydrogens is 454 g/mol. The van der Waals surface area contributed by atoms with E-state index in [4.69, 9.17) is 16.3 Å². The minimum atomic E-state index is -0.164. The van der Waals surface area contributed by atoms with Crippen LogP contribution in [0.15, 0.2) is 42.2 Å². The molecule has 174 valence electrons. The molecule has 0 radical (unpaired) electrons. The van der Waals surface area contributed by atoms with Gasteiger partial charge in [0.05, 0.1) is 15.8 Å². The first-order chi connectivity index (χ1) is 15.9. The van der Waals surface area contributed by atoms with Crippen LogP contribution in [0.2, 0.25) is 5.02 Å². The van der Waals surface area contributed by atoms with Crippen LogP contribution in [0, 0.1) is 17.8 Å². The first-order valence-corrected chi connectivity index (χ1v) is 13.0. The molecule has 2 unspecified atom stereocenters. The maximum atomic E-state index is 13.7. The maximum Gasteiger partial charge on any atom is 0.279 e. The Balaban J connectivity index is 1.73. The van der Waals surface area contributed by atoms with Crippen LogP contribution in [0.1, 0.15) is 58.1 Å². The molecule has 4 rings (SSSR count). The van der Waals surface area contributed by atoms with Crippen molar-refractivity contribution in [3.8, 4) is 10.9 Å². The molecule has 1 N–H and O–H groups in total. The fourth-order valence-electron chi connectivity index (χ4n) is 5.07. The van der Waals surface area contributed by atoms with Gasteiger partial charge in [-0.05, 0) is 60.2 Å². The number of nitrogens with zero attached hydrogens (tertiary/aromatic N) is 1. The minimum absolute atomic E-state index is 0.0644.